The molecule has 0 spiro atoms. The van der Waals surface area contributed by atoms with E-state index in [0.29, 0.717) is 11.9 Å². The van der Waals surface area contributed by atoms with E-state index < -0.39 is 0 Å². The van der Waals surface area contributed by atoms with Crippen molar-refractivity contribution in [2.45, 2.75) is 50.6 Å². The molecule has 4 rings (SSSR count). The summed E-state index contributed by atoms with van der Waals surface area (Å²) < 4.78 is 0. The van der Waals surface area contributed by atoms with Gasteiger partial charge < -0.3 is 10.2 Å². The normalized spacial score (nSPS) is 31.6. The Morgan fingerprint density at radius 3 is 2.90 bits per heavy atom. The number of rotatable bonds is 1. The van der Waals surface area contributed by atoms with E-state index in [9.17, 15) is 4.79 Å². The van der Waals surface area contributed by atoms with E-state index in [4.69, 9.17) is 0 Å². The number of hydrogen-bond donors (Lipinski definition) is 1. The molecule has 2 fully saturated rings. The molecule has 2 heterocycles. The largest absolute Gasteiger partial charge is 0.373 e. The number of benzene rings is 1. The van der Waals surface area contributed by atoms with Gasteiger partial charge in [0.05, 0.1) is 0 Å². The lowest BCUT2D eigenvalue weighted by atomic mass is 9.91. The Balaban J connectivity index is 1.51. The van der Waals surface area contributed by atoms with Crippen LogP contribution in [-0.2, 0) is 11.2 Å². The molecule has 1 N–H and O–H groups in total. The zero-order valence-corrected chi connectivity index (χ0v) is 11.8. The molecule has 106 valence electrons. The second-order valence-electron chi connectivity index (χ2n) is 6.49. The van der Waals surface area contributed by atoms with Crippen LogP contribution in [0.3, 0.4) is 0 Å². The molecule has 0 radical (unpaired) electrons. The first-order valence-corrected chi connectivity index (χ1v) is 7.98. The first kappa shape index (κ1) is 12.2. The van der Waals surface area contributed by atoms with E-state index in [2.05, 4.69) is 28.4 Å². The van der Waals surface area contributed by atoms with E-state index in [-0.39, 0.29) is 6.04 Å². The molecular formula is C17H22N2O. The van der Waals surface area contributed by atoms with Gasteiger partial charge in [0.1, 0.15) is 6.04 Å². The number of hydrogen-bond acceptors (Lipinski definition) is 2. The quantitative estimate of drug-likeness (QED) is 0.851. The molecule has 0 bridgehead atoms. The second kappa shape index (κ2) is 4.80. The minimum Gasteiger partial charge on any atom is -0.373 e. The van der Waals surface area contributed by atoms with E-state index in [0.717, 1.165) is 24.6 Å². The number of carbonyl (C=O) groups is 1. The number of nitrogens with one attached hydrogen (secondary N) is 1. The fourth-order valence-corrected chi connectivity index (χ4v) is 4.37. The van der Waals surface area contributed by atoms with Crippen LogP contribution >= 0.6 is 0 Å². The zero-order chi connectivity index (χ0) is 13.5. The van der Waals surface area contributed by atoms with Gasteiger partial charge in [-0.3, -0.25) is 4.79 Å². The lowest BCUT2D eigenvalue weighted by molar-refractivity contribution is -0.136. The molecule has 1 aliphatic carbocycles. The minimum atomic E-state index is -0.0354. The number of amides is 1. The highest BCUT2D eigenvalue weighted by atomic mass is 16.2. The van der Waals surface area contributed by atoms with Crippen LogP contribution in [0.4, 0.5) is 5.69 Å². The Morgan fingerprint density at radius 2 is 2.00 bits per heavy atom. The molecule has 1 aromatic carbocycles. The Morgan fingerprint density at radius 1 is 1.15 bits per heavy atom. The predicted octanol–water partition coefficient (Wildman–Crippen LogP) is 2.81. The topological polar surface area (TPSA) is 32.3 Å². The van der Waals surface area contributed by atoms with E-state index in [1.165, 1.54) is 37.7 Å². The molecule has 2 unspecified atom stereocenters. The summed E-state index contributed by atoms with van der Waals surface area (Å²) in [4.78, 5) is 15.1. The van der Waals surface area contributed by atoms with Crippen LogP contribution in [0.15, 0.2) is 24.3 Å². The molecule has 1 aromatic rings. The molecule has 1 saturated carbocycles. The smallest absolute Gasteiger partial charge is 0.245 e. The Kier molecular flexibility index (Phi) is 2.94. The maximum absolute atomic E-state index is 12.9. The molecular weight excluding hydrogens is 248 g/mol. The van der Waals surface area contributed by atoms with Gasteiger partial charge in [-0.1, -0.05) is 24.6 Å². The number of carbonyl (C=O) groups excluding carboxylic acids is 1. The highest BCUT2D eigenvalue weighted by molar-refractivity contribution is 5.87. The fourth-order valence-electron chi connectivity index (χ4n) is 4.37. The lowest BCUT2D eigenvalue weighted by Crippen LogP contribution is -2.51. The maximum Gasteiger partial charge on any atom is 0.245 e. The van der Waals surface area contributed by atoms with Gasteiger partial charge in [-0.05, 0) is 43.2 Å². The third kappa shape index (κ3) is 1.91. The highest BCUT2D eigenvalue weighted by Crippen LogP contribution is 2.38. The predicted molar refractivity (Wildman–Crippen MR) is 79.6 cm³/mol. The van der Waals surface area contributed by atoms with Crippen molar-refractivity contribution in [3.63, 3.8) is 0 Å². The first-order valence-electron chi connectivity index (χ1n) is 7.98. The summed E-state index contributed by atoms with van der Waals surface area (Å²) in [7, 11) is 0. The number of anilines is 1. The number of fused-ring (bicyclic) bond motifs is 2. The summed E-state index contributed by atoms with van der Waals surface area (Å²) in [6.07, 6.45) is 7.21. The van der Waals surface area contributed by atoms with Crippen LogP contribution in [0.2, 0.25) is 0 Å². The third-order valence-electron chi connectivity index (χ3n) is 5.35. The average molecular weight is 270 g/mol. The summed E-state index contributed by atoms with van der Waals surface area (Å²) in [5.74, 6) is 1.11. The zero-order valence-electron chi connectivity index (χ0n) is 11.8. The van der Waals surface area contributed by atoms with Crippen molar-refractivity contribution in [2.75, 3.05) is 11.9 Å². The van der Waals surface area contributed by atoms with Crippen LogP contribution in [0.1, 0.15) is 37.7 Å². The van der Waals surface area contributed by atoms with Crippen molar-refractivity contribution in [1.82, 2.24) is 4.90 Å². The Hall–Kier alpha value is -1.51. The minimum absolute atomic E-state index is 0.0354. The standard InChI is InChI=1S/C17H22N2O/c20-17(15-11-13-5-1-2-8-14(13)18-15)19-10-4-7-12-6-3-9-16(12)19/h1-2,5,8,12,15-16,18H,3-4,6-7,9-11H2/t12?,15-,16?/m0/s1. The second-order valence-corrected chi connectivity index (χ2v) is 6.49. The molecule has 3 nitrogen and oxygen atoms in total. The van der Waals surface area contributed by atoms with E-state index >= 15 is 0 Å². The van der Waals surface area contributed by atoms with Crippen molar-refractivity contribution in [3.05, 3.63) is 29.8 Å². The molecule has 1 saturated heterocycles. The highest BCUT2D eigenvalue weighted by Gasteiger charge is 2.40. The Labute approximate surface area is 120 Å². The van der Waals surface area contributed by atoms with Crippen molar-refractivity contribution in [1.29, 1.82) is 0 Å². The molecule has 20 heavy (non-hydrogen) atoms. The molecule has 2 aliphatic heterocycles. The first-order chi connectivity index (χ1) is 9.83. The molecule has 0 aromatic heterocycles. The van der Waals surface area contributed by atoms with Gasteiger partial charge in [-0.25, -0.2) is 0 Å². The number of likely N-dealkylation sites (tertiary alicyclic amines) is 1. The van der Waals surface area contributed by atoms with Gasteiger partial charge in [-0.15, -0.1) is 0 Å². The van der Waals surface area contributed by atoms with Crippen LogP contribution in [0.25, 0.3) is 0 Å². The van der Waals surface area contributed by atoms with Crippen molar-refractivity contribution in [3.8, 4) is 0 Å². The van der Waals surface area contributed by atoms with Gasteiger partial charge in [0, 0.05) is 24.7 Å². The number of piperidine rings is 1. The van der Waals surface area contributed by atoms with Gasteiger partial charge in [0.25, 0.3) is 0 Å². The fraction of sp³-hybridized carbons (Fsp3) is 0.588. The van der Waals surface area contributed by atoms with Crippen molar-refractivity contribution in [2.24, 2.45) is 5.92 Å². The van der Waals surface area contributed by atoms with Gasteiger partial charge in [0.15, 0.2) is 0 Å². The summed E-state index contributed by atoms with van der Waals surface area (Å²) in [6, 6.07) is 8.79. The van der Waals surface area contributed by atoms with Gasteiger partial charge >= 0.3 is 0 Å². The third-order valence-corrected chi connectivity index (χ3v) is 5.35. The summed E-state index contributed by atoms with van der Waals surface area (Å²) in [6.45, 7) is 0.967. The molecule has 1 amide bonds. The number of nitrogens with zero attached hydrogens (tertiary/aromatic N) is 1. The van der Waals surface area contributed by atoms with Crippen molar-refractivity contribution < 1.29 is 4.79 Å². The van der Waals surface area contributed by atoms with Gasteiger partial charge in [-0.2, -0.15) is 0 Å². The summed E-state index contributed by atoms with van der Waals surface area (Å²) >= 11 is 0. The van der Waals surface area contributed by atoms with E-state index in [1.54, 1.807) is 0 Å². The maximum atomic E-state index is 12.9. The summed E-state index contributed by atoms with van der Waals surface area (Å²) in [5.41, 5.74) is 2.43. The molecule has 3 atom stereocenters. The van der Waals surface area contributed by atoms with Crippen LogP contribution in [0, 0.1) is 5.92 Å². The lowest BCUT2D eigenvalue weighted by Gasteiger charge is -2.39. The SMILES string of the molecule is O=C([C@@H]1Cc2ccccc2N1)N1CCCC2CCCC21. The monoisotopic (exact) mass is 270 g/mol. The molecule has 3 heteroatoms. The number of para-hydroxylation sites is 1. The van der Waals surface area contributed by atoms with E-state index in [1.807, 2.05) is 6.07 Å². The van der Waals surface area contributed by atoms with Crippen LogP contribution < -0.4 is 5.32 Å². The molecule has 3 aliphatic rings. The average Bonchev–Trinajstić information content (AvgIpc) is 3.12. The van der Waals surface area contributed by atoms with Crippen molar-refractivity contribution >= 4 is 11.6 Å². The van der Waals surface area contributed by atoms with Gasteiger partial charge in [0.2, 0.25) is 5.91 Å². The van der Waals surface area contributed by atoms with Crippen LogP contribution in [0.5, 0.6) is 0 Å². The van der Waals surface area contributed by atoms with Crippen LogP contribution in [-0.4, -0.2) is 29.4 Å². The Bertz CT molecular complexity index is 502. The summed E-state index contributed by atoms with van der Waals surface area (Å²) in [5, 5.41) is 3.42.